The largest absolute Gasteiger partial charge is 0.481 e. The summed E-state index contributed by atoms with van der Waals surface area (Å²) in [6.07, 6.45) is 0.385. The lowest BCUT2D eigenvalue weighted by Gasteiger charge is -2.21. The van der Waals surface area contributed by atoms with Crippen LogP contribution in [0.5, 0.6) is 0 Å². The van der Waals surface area contributed by atoms with Gasteiger partial charge in [0.25, 0.3) is 5.91 Å². The van der Waals surface area contributed by atoms with E-state index in [2.05, 4.69) is 10.6 Å². The van der Waals surface area contributed by atoms with Gasteiger partial charge in [-0.3, -0.25) is 14.4 Å². The van der Waals surface area contributed by atoms with Gasteiger partial charge in [-0.1, -0.05) is 48.5 Å². The number of carboxylic acid groups (broad SMARTS) is 1. The number of hydrogen-bond acceptors (Lipinski definition) is 3. The summed E-state index contributed by atoms with van der Waals surface area (Å²) in [4.78, 5) is 36.1. The number of hydrogen-bond donors (Lipinski definition) is 3. The molecule has 0 saturated carbocycles. The molecule has 2 aromatic carbocycles. The summed E-state index contributed by atoms with van der Waals surface area (Å²) in [5.41, 5.74) is 0.438. The zero-order valence-corrected chi connectivity index (χ0v) is 16.1. The topological polar surface area (TPSA) is 95.5 Å². The Morgan fingerprint density at radius 3 is 2.11 bits per heavy atom. The van der Waals surface area contributed by atoms with E-state index in [4.69, 9.17) is 5.11 Å². The molecular formula is C22H26N2O4. The van der Waals surface area contributed by atoms with E-state index in [1.54, 1.807) is 38.1 Å². The second-order valence-corrected chi connectivity index (χ2v) is 7.30. The summed E-state index contributed by atoms with van der Waals surface area (Å²) >= 11 is 0. The summed E-state index contributed by atoms with van der Waals surface area (Å²) in [6.45, 7) is 3.50. The van der Waals surface area contributed by atoms with Crippen molar-refractivity contribution in [1.29, 1.82) is 0 Å². The van der Waals surface area contributed by atoms with Crippen molar-refractivity contribution in [2.75, 3.05) is 6.54 Å². The van der Waals surface area contributed by atoms with Crippen molar-refractivity contribution in [1.82, 2.24) is 10.6 Å². The fourth-order valence-corrected chi connectivity index (χ4v) is 2.65. The second kappa shape index (κ2) is 9.69. The molecule has 1 atom stereocenters. The summed E-state index contributed by atoms with van der Waals surface area (Å²) < 4.78 is 0. The van der Waals surface area contributed by atoms with Gasteiger partial charge >= 0.3 is 5.97 Å². The molecule has 6 heteroatoms. The van der Waals surface area contributed by atoms with Crippen molar-refractivity contribution in [3.63, 3.8) is 0 Å². The van der Waals surface area contributed by atoms with E-state index in [9.17, 15) is 14.4 Å². The van der Waals surface area contributed by atoms with E-state index in [1.165, 1.54) is 0 Å². The van der Waals surface area contributed by atoms with Crippen molar-refractivity contribution in [3.8, 4) is 0 Å². The molecule has 1 unspecified atom stereocenters. The van der Waals surface area contributed by atoms with Crippen LogP contribution < -0.4 is 10.6 Å². The van der Waals surface area contributed by atoms with Gasteiger partial charge in [0.2, 0.25) is 5.91 Å². The van der Waals surface area contributed by atoms with Crippen LogP contribution in [-0.2, 0) is 9.59 Å². The molecule has 3 N–H and O–H groups in total. The maximum Gasteiger partial charge on any atom is 0.309 e. The first kappa shape index (κ1) is 21.2. The van der Waals surface area contributed by atoms with E-state index in [0.29, 0.717) is 12.0 Å². The molecule has 2 amide bonds. The third-order valence-electron chi connectivity index (χ3n) is 4.58. The normalized spacial score (nSPS) is 12.1. The first-order valence-corrected chi connectivity index (χ1v) is 9.20. The Hall–Kier alpha value is -3.15. The predicted molar refractivity (Wildman–Crippen MR) is 107 cm³/mol. The third kappa shape index (κ3) is 6.23. The van der Waals surface area contributed by atoms with Crippen LogP contribution in [0.25, 0.3) is 0 Å². The summed E-state index contributed by atoms with van der Waals surface area (Å²) in [7, 11) is 0. The molecule has 148 valence electrons. The Bertz CT molecular complexity index is 804. The minimum absolute atomic E-state index is 0.0656. The van der Waals surface area contributed by atoms with Gasteiger partial charge < -0.3 is 15.7 Å². The molecule has 28 heavy (non-hydrogen) atoms. The lowest BCUT2D eigenvalue weighted by molar-refractivity contribution is -0.147. The maximum absolute atomic E-state index is 12.5. The number of amides is 2. The van der Waals surface area contributed by atoms with Crippen molar-refractivity contribution in [2.24, 2.45) is 5.41 Å². The van der Waals surface area contributed by atoms with Gasteiger partial charge in [-0.25, -0.2) is 0 Å². The molecule has 0 bridgehead atoms. The summed E-state index contributed by atoms with van der Waals surface area (Å²) in [5, 5.41) is 14.8. The van der Waals surface area contributed by atoms with Gasteiger partial charge in [0, 0.05) is 12.1 Å². The van der Waals surface area contributed by atoms with E-state index < -0.39 is 17.4 Å². The number of benzene rings is 2. The van der Waals surface area contributed by atoms with Crippen molar-refractivity contribution < 1.29 is 19.5 Å². The van der Waals surface area contributed by atoms with Crippen LogP contribution in [0.4, 0.5) is 0 Å². The van der Waals surface area contributed by atoms with Gasteiger partial charge in [-0.15, -0.1) is 0 Å². The number of nitrogens with one attached hydrogen (secondary N) is 2. The minimum Gasteiger partial charge on any atom is -0.481 e. The van der Waals surface area contributed by atoms with Crippen LogP contribution in [0.2, 0.25) is 0 Å². The quantitative estimate of drug-likeness (QED) is 0.621. The molecule has 0 fully saturated rings. The van der Waals surface area contributed by atoms with Gasteiger partial charge in [-0.05, 0) is 38.0 Å². The van der Waals surface area contributed by atoms with Gasteiger partial charge in [0.1, 0.15) is 0 Å². The monoisotopic (exact) mass is 382 g/mol. The zero-order valence-electron chi connectivity index (χ0n) is 16.1. The van der Waals surface area contributed by atoms with Crippen molar-refractivity contribution >= 4 is 17.8 Å². The highest BCUT2D eigenvalue weighted by atomic mass is 16.4. The van der Waals surface area contributed by atoms with E-state index >= 15 is 0 Å². The van der Waals surface area contributed by atoms with Crippen molar-refractivity contribution in [2.45, 2.75) is 32.7 Å². The molecule has 0 aliphatic rings. The molecule has 0 saturated heterocycles. The third-order valence-corrected chi connectivity index (χ3v) is 4.58. The number of carbonyl (C=O) groups excluding carboxylic acids is 2. The zero-order chi connectivity index (χ0) is 20.6. The molecule has 0 aliphatic heterocycles. The number of carbonyl (C=O) groups is 3. The predicted octanol–water partition coefficient (Wildman–Crippen LogP) is 3.16. The molecule has 0 aromatic heterocycles. The fraction of sp³-hybridized carbons (Fsp3) is 0.318. The van der Waals surface area contributed by atoms with Gasteiger partial charge in [-0.2, -0.15) is 0 Å². The Balaban J connectivity index is 2.01. The number of carboxylic acids is 1. The number of rotatable bonds is 9. The highest BCUT2D eigenvalue weighted by Crippen LogP contribution is 2.20. The van der Waals surface area contributed by atoms with Gasteiger partial charge in [0.05, 0.1) is 17.9 Å². The molecule has 6 nitrogen and oxygen atoms in total. The fourth-order valence-electron chi connectivity index (χ4n) is 2.65. The van der Waals surface area contributed by atoms with E-state index in [0.717, 1.165) is 5.56 Å². The molecule has 2 rings (SSSR count). The van der Waals surface area contributed by atoms with Crippen LogP contribution in [-0.4, -0.2) is 29.4 Å². The first-order chi connectivity index (χ1) is 13.3. The average molecular weight is 382 g/mol. The molecule has 0 radical (unpaired) electrons. The van der Waals surface area contributed by atoms with Crippen LogP contribution >= 0.6 is 0 Å². The SMILES string of the molecule is CC(C)(CCNC(=O)CC(NC(=O)c1ccccc1)c1ccccc1)C(=O)O. The Morgan fingerprint density at radius 1 is 0.964 bits per heavy atom. The Labute approximate surface area is 165 Å². The molecule has 0 heterocycles. The average Bonchev–Trinajstić information content (AvgIpc) is 2.68. The van der Waals surface area contributed by atoms with E-state index in [-0.39, 0.29) is 24.8 Å². The lowest BCUT2D eigenvalue weighted by Crippen LogP contribution is -2.36. The standard InChI is InChI=1S/C22H26N2O4/c1-22(2,21(27)28)13-14-23-19(25)15-18(16-9-5-3-6-10-16)24-20(26)17-11-7-4-8-12-17/h3-12,18H,13-15H2,1-2H3,(H,23,25)(H,24,26)(H,27,28). The van der Waals surface area contributed by atoms with Crippen molar-refractivity contribution in [3.05, 3.63) is 71.8 Å². The molecule has 2 aromatic rings. The lowest BCUT2D eigenvalue weighted by atomic mass is 9.89. The van der Waals surface area contributed by atoms with Crippen LogP contribution in [0.1, 0.15) is 48.7 Å². The van der Waals surface area contributed by atoms with Crippen LogP contribution in [0, 0.1) is 5.41 Å². The summed E-state index contributed by atoms with van der Waals surface area (Å²) in [6, 6.07) is 17.6. The van der Waals surface area contributed by atoms with Crippen LogP contribution in [0.3, 0.4) is 0 Å². The summed E-state index contributed by atoms with van der Waals surface area (Å²) in [5.74, 6) is -1.41. The molecular weight excluding hydrogens is 356 g/mol. The van der Waals surface area contributed by atoms with E-state index in [1.807, 2.05) is 36.4 Å². The smallest absolute Gasteiger partial charge is 0.309 e. The highest BCUT2D eigenvalue weighted by Gasteiger charge is 2.27. The number of aliphatic carboxylic acids is 1. The molecule has 0 aliphatic carbocycles. The van der Waals surface area contributed by atoms with Gasteiger partial charge in [0.15, 0.2) is 0 Å². The Kier molecular flexibility index (Phi) is 7.32. The second-order valence-electron chi connectivity index (χ2n) is 7.30. The van der Waals surface area contributed by atoms with Crippen LogP contribution in [0.15, 0.2) is 60.7 Å². The Morgan fingerprint density at radius 2 is 1.54 bits per heavy atom. The maximum atomic E-state index is 12.5. The minimum atomic E-state index is -0.909. The highest BCUT2D eigenvalue weighted by molar-refractivity contribution is 5.94. The molecule has 0 spiro atoms. The first-order valence-electron chi connectivity index (χ1n) is 9.20.